The number of aliphatic hydroxyl groups is 1. The number of rotatable bonds is 5. The van der Waals surface area contributed by atoms with Crippen molar-refractivity contribution in [2.45, 2.75) is 32.2 Å². The van der Waals surface area contributed by atoms with Crippen molar-refractivity contribution in [3.63, 3.8) is 0 Å². The second-order valence-corrected chi connectivity index (χ2v) is 9.56. The Morgan fingerprint density at radius 3 is 2.25 bits per heavy atom. The molecule has 1 heterocycles. The number of carbonyl (C=O) groups is 2. The van der Waals surface area contributed by atoms with Gasteiger partial charge in [0.05, 0.1) is 25.8 Å². The molecule has 0 saturated carbocycles. The lowest BCUT2D eigenvalue weighted by atomic mass is 9.84. The summed E-state index contributed by atoms with van der Waals surface area (Å²) in [5.41, 5.74) is 1.42. The van der Waals surface area contributed by atoms with Crippen molar-refractivity contribution >= 4 is 23.1 Å². The van der Waals surface area contributed by atoms with E-state index in [0.717, 1.165) is 5.56 Å². The van der Waals surface area contributed by atoms with Crippen LogP contribution in [-0.4, -0.2) is 31.0 Å². The summed E-state index contributed by atoms with van der Waals surface area (Å²) in [7, 11) is 3.04. The number of hydrogen-bond acceptors (Lipinski definition) is 5. The molecule has 0 aliphatic carbocycles. The van der Waals surface area contributed by atoms with Gasteiger partial charge in [0.2, 0.25) is 0 Å². The fourth-order valence-corrected chi connectivity index (χ4v) is 4.51. The van der Waals surface area contributed by atoms with E-state index in [2.05, 4.69) is 0 Å². The van der Waals surface area contributed by atoms with Crippen LogP contribution in [-0.2, 0) is 15.0 Å². The van der Waals surface area contributed by atoms with Crippen LogP contribution in [0.15, 0.2) is 72.3 Å². The molecule has 0 aromatic heterocycles. The Hall–Kier alpha value is -4.13. The molecule has 0 spiro atoms. The first-order valence-corrected chi connectivity index (χ1v) is 11.5. The lowest BCUT2D eigenvalue weighted by Crippen LogP contribution is -2.29. The third kappa shape index (κ3) is 4.33. The molecule has 1 amide bonds. The molecule has 36 heavy (non-hydrogen) atoms. The van der Waals surface area contributed by atoms with Crippen LogP contribution in [0.3, 0.4) is 0 Å². The first-order chi connectivity index (χ1) is 17.1. The summed E-state index contributed by atoms with van der Waals surface area (Å²) < 4.78 is 25.2. The minimum atomic E-state index is -1.04. The summed E-state index contributed by atoms with van der Waals surface area (Å²) >= 11 is 0. The standard InChI is InChI=1S/C29H28FNO5/c1-29(2,3)21-15-17(13-14-23(21)36-5)26(32)24-25(20-11-6-7-12-22(20)35-4)31(28(34)27(24)33)19-10-8-9-18(30)16-19/h6-16,25,32H,1-5H3/b26-24+. The fraction of sp³-hybridized carbons (Fsp3) is 0.241. The van der Waals surface area contributed by atoms with E-state index < -0.39 is 23.5 Å². The van der Waals surface area contributed by atoms with Crippen LogP contribution >= 0.6 is 0 Å². The normalized spacial score (nSPS) is 17.4. The molecule has 186 valence electrons. The van der Waals surface area contributed by atoms with Crippen molar-refractivity contribution in [3.8, 4) is 11.5 Å². The molecule has 3 aromatic carbocycles. The maximum absolute atomic E-state index is 14.1. The van der Waals surface area contributed by atoms with Crippen molar-refractivity contribution in [3.05, 3.63) is 94.8 Å². The predicted octanol–water partition coefficient (Wildman–Crippen LogP) is 5.77. The molecule has 3 aromatic rings. The van der Waals surface area contributed by atoms with Gasteiger partial charge >= 0.3 is 0 Å². The Morgan fingerprint density at radius 2 is 1.61 bits per heavy atom. The SMILES string of the molecule is COc1ccccc1C1/C(=C(\O)c2ccc(OC)c(C(C)(C)C)c2)C(=O)C(=O)N1c1cccc(F)c1. The van der Waals surface area contributed by atoms with Gasteiger partial charge in [-0.25, -0.2) is 4.39 Å². The van der Waals surface area contributed by atoms with E-state index >= 15 is 0 Å². The third-order valence-electron chi connectivity index (χ3n) is 6.25. The molecule has 0 radical (unpaired) electrons. The Morgan fingerprint density at radius 1 is 0.917 bits per heavy atom. The van der Waals surface area contributed by atoms with Crippen molar-refractivity contribution in [1.82, 2.24) is 0 Å². The first-order valence-electron chi connectivity index (χ1n) is 11.5. The largest absolute Gasteiger partial charge is 0.507 e. The maximum atomic E-state index is 14.1. The summed E-state index contributed by atoms with van der Waals surface area (Å²) in [6.07, 6.45) is 0. The molecule has 1 N–H and O–H groups in total. The zero-order valence-electron chi connectivity index (χ0n) is 20.8. The number of Topliss-reactive ketones (excluding diaryl/α,β-unsaturated/α-hetero) is 1. The quantitative estimate of drug-likeness (QED) is 0.280. The van der Waals surface area contributed by atoms with Crippen molar-refractivity contribution in [2.75, 3.05) is 19.1 Å². The number of ether oxygens (including phenoxy) is 2. The van der Waals surface area contributed by atoms with E-state index in [4.69, 9.17) is 9.47 Å². The lowest BCUT2D eigenvalue weighted by molar-refractivity contribution is -0.132. The van der Waals surface area contributed by atoms with E-state index in [1.165, 1.54) is 30.2 Å². The number of hydrogen-bond donors (Lipinski definition) is 1. The molecule has 1 aliphatic rings. The number of anilines is 1. The highest BCUT2D eigenvalue weighted by Crippen LogP contribution is 2.45. The van der Waals surface area contributed by atoms with Crippen molar-refractivity contribution < 1.29 is 28.6 Å². The number of nitrogens with zero attached hydrogens (tertiary/aromatic N) is 1. The molecule has 1 atom stereocenters. The van der Waals surface area contributed by atoms with E-state index in [-0.39, 0.29) is 22.4 Å². The molecule has 1 aliphatic heterocycles. The average Bonchev–Trinajstić information content (AvgIpc) is 3.12. The number of para-hydroxylation sites is 1. The van der Waals surface area contributed by atoms with Crippen LogP contribution in [0.5, 0.6) is 11.5 Å². The molecule has 0 bridgehead atoms. The highest BCUT2D eigenvalue weighted by atomic mass is 19.1. The van der Waals surface area contributed by atoms with E-state index in [0.29, 0.717) is 22.6 Å². The van der Waals surface area contributed by atoms with Gasteiger partial charge < -0.3 is 14.6 Å². The minimum absolute atomic E-state index is 0.112. The van der Waals surface area contributed by atoms with Crippen LogP contribution in [0.2, 0.25) is 0 Å². The number of ketones is 1. The molecule has 6 nitrogen and oxygen atoms in total. The second-order valence-electron chi connectivity index (χ2n) is 9.56. The molecular weight excluding hydrogens is 461 g/mol. The molecule has 7 heteroatoms. The number of methoxy groups -OCH3 is 2. The van der Waals surface area contributed by atoms with Gasteiger partial charge in [-0.15, -0.1) is 0 Å². The fourth-order valence-electron chi connectivity index (χ4n) is 4.51. The maximum Gasteiger partial charge on any atom is 0.300 e. The molecule has 1 saturated heterocycles. The van der Waals surface area contributed by atoms with Gasteiger partial charge in [-0.2, -0.15) is 0 Å². The van der Waals surface area contributed by atoms with Gasteiger partial charge in [0.25, 0.3) is 11.7 Å². The summed E-state index contributed by atoms with van der Waals surface area (Å²) in [5, 5.41) is 11.5. The van der Waals surface area contributed by atoms with Gasteiger partial charge in [-0.05, 0) is 47.9 Å². The van der Waals surface area contributed by atoms with Crippen LogP contribution in [0.25, 0.3) is 5.76 Å². The Bertz CT molecular complexity index is 1370. The molecule has 4 rings (SSSR count). The number of carbonyl (C=O) groups excluding carboxylic acids is 2. The summed E-state index contributed by atoms with van der Waals surface area (Å²) in [6.45, 7) is 6.02. The lowest BCUT2D eigenvalue weighted by Gasteiger charge is -2.27. The first kappa shape index (κ1) is 25.0. The van der Waals surface area contributed by atoms with Gasteiger partial charge in [-0.1, -0.05) is 45.0 Å². The van der Waals surface area contributed by atoms with E-state index in [1.54, 1.807) is 55.6 Å². The van der Waals surface area contributed by atoms with Crippen LogP contribution in [0.1, 0.15) is 43.5 Å². The van der Waals surface area contributed by atoms with Gasteiger partial charge in [0.15, 0.2) is 0 Å². The van der Waals surface area contributed by atoms with Crippen molar-refractivity contribution in [2.24, 2.45) is 0 Å². The number of benzene rings is 3. The third-order valence-corrected chi connectivity index (χ3v) is 6.25. The highest BCUT2D eigenvalue weighted by molar-refractivity contribution is 6.51. The topological polar surface area (TPSA) is 76.1 Å². The second kappa shape index (κ2) is 9.49. The molecule has 1 fully saturated rings. The zero-order valence-corrected chi connectivity index (χ0v) is 20.8. The van der Waals surface area contributed by atoms with Gasteiger partial charge in [-0.3, -0.25) is 14.5 Å². The zero-order chi connectivity index (χ0) is 26.2. The number of amides is 1. The van der Waals surface area contributed by atoms with Gasteiger partial charge in [0, 0.05) is 22.4 Å². The smallest absolute Gasteiger partial charge is 0.300 e. The predicted molar refractivity (Wildman–Crippen MR) is 136 cm³/mol. The summed E-state index contributed by atoms with van der Waals surface area (Å²) in [4.78, 5) is 27.9. The number of halogens is 1. The van der Waals surface area contributed by atoms with Crippen molar-refractivity contribution in [1.29, 1.82) is 0 Å². The highest BCUT2D eigenvalue weighted by Gasteiger charge is 2.48. The molecular formula is C29H28FNO5. The summed E-state index contributed by atoms with van der Waals surface area (Å²) in [6, 6.07) is 16.4. The van der Waals surface area contributed by atoms with Crippen LogP contribution in [0.4, 0.5) is 10.1 Å². The van der Waals surface area contributed by atoms with Gasteiger partial charge in [0.1, 0.15) is 23.1 Å². The number of aliphatic hydroxyl groups excluding tert-OH is 1. The van der Waals surface area contributed by atoms with Crippen LogP contribution < -0.4 is 14.4 Å². The van der Waals surface area contributed by atoms with E-state index in [1.807, 2.05) is 20.8 Å². The minimum Gasteiger partial charge on any atom is -0.507 e. The Kier molecular flexibility index (Phi) is 6.59. The average molecular weight is 490 g/mol. The van der Waals surface area contributed by atoms with E-state index in [9.17, 15) is 19.1 Å². The Balaban J connectivity index is 2.00. The molecule has 1 unspecified atom stereocenters. The Labute approximate surface area is 209 Å². The monoisotopic (exact) mass is 489 g/mol. The van der Waals surface area contributed by atoms with Crippen LogP contribution in [0, 0.1) is 5.82 Å². The summed E-state index contributed by atoms with van der Waals surface area (Å²) in [5.74, 6) is -1.58.